The predicted octanol–water partition coefficient (Wildman–Crippen LogP) is 2.74. The first-order chi connectivity index (χ1) is 13.7. The zero-order valence-corrected chi connectivity index (χ0v) is 17.4. The molecule has 156 valence electrons. The number of carbonyl (C=O) groups is 2. The number of ether oxygens (including phenoxy) is 1. The summed E-state index contributed by atoms with van der Waals surface area (Å²) in [6.07, 6.45) is 0.684. The molecule has 0 aliphatic rings. The lowest BCUT2D eigenvalue weighted by molar-refractivity contribution is -0.118. The number of hydrogen-bond donors (Lipinski definition) is 3. The molecular weight excluding hydrogens is 394 g/mol. The molecule has 8 nitrogen and oxygen atoms in total. The second kappa shape index (κ2) is 10.0. The fourth-order valence-electron chi connectivity index (χ4n) is 2.36. The van der Waals surface area contributed by atoms with Crippen molar-refractivity contribution in [1.29, 1.82) is 0 Å². The molecule has 29 heavy (non-hydrogen) atoms. The van der Waals surface area contributed by atoms with Crippen LogP contribution in [0.3, 0.4) is 0 Å². The highest BCUT2D eigenvalue weighted by Gasteiger charge is 2.16. The van der Waals surface area contributed by atoms with Crippen molar-refractivity contribution in [2.45, 2.75) is 38.1 Å². The van der Waals surface area contributed by atoms with Crippen LogP contribution in [0.5, 0.6) is 5.75 Å². The molecule has 0 unspecified atom stereocenters. The van der Waals surface area contributed by atoms with Crippen LogP contribution in [-0.2, 0) is 19.6 Å². The van der Waals surface area contributed by atoms with Crippen LogP contribution >= 0.6 is 0 Å². The average molecular weight is 420 g/mol. The molecule has 0 bridgehead atoms. The minimum atomic E-state index is -3.59. The van der Waals surface area contributed by atoms with Gasteiger partial charge in [0.15, 0.2) is 6.61 Å². The molecule has 2 aromatic carbocycles. The van der Waals surface area contributed by atoms with Crippen LogP contribution < -0.4 is 20.1 Å². The summed E-state index contributed by atoms with van der Waals surface area (Å²) in [5.74, 6) is -0.226. The number of carbonyl (C=O) groups excluding carboxylic acids is 2. The topological polar surface area (TPSA) is 114 Å². The van der Waals surface area contributed by atoms with Crippen LogP contribution in [0.15, 0.2) is 53.4 Å². The standard InChI is InChI=1S/C20H25N3O5S/c1-4-14(2)23-29(26,27)19-10-8-18(9-11-19)28-13-20(25)22-17-7-5-6-16(12-17)21-15(3)24/h5-12,14,23H,4,13H2,1-3H3,(H,21,24)(H,22,25)/t14-/m1/s1. The number of hydrogen-bond acceptors (Lipinski definition) is 5. The minimum Gasteiger partial charge on any atom is -0.484 e. The van der Waals surface area contributed by atoms with E-state index in [1.807, 2.05) is 6.92 Å². The molecule has 0 heterocycles. The highest BCUT2D eigenvalue weighted by molar-refractivity contribution is 7.89. The Kier molecular flexibility index (Phi) is 7.74. The van der Waals surface area contributed by atoms with Crippen LogP contribution in [0.25, 0.3) is 0 Å². The second-order valence-electron chi connectivity index (χ2n) is 6.50. The van der Waals surface area contributed by atoms with Crippen molar-refractivity contribution < 1.29 is 22.7 Å². The maximum Gasteiger partial charge on any atom is 0.262 e. The van der Waals surface area contributed by atoms with E-state index in [1.54, 1.807) is 31.2 Å². The van der Waals surface area contributed by atoms with Crippen molar-refractivity contribution in [3.05, 3.63) is 48.5 Å². The van der Waals surface area contributed by atoms with Gasteiger partial charge in [0.1, 0.15) is 5.75 Å². The highest BCUT2D eigenvalue weighted by atomic mass is 32.2. The molecule has 2 rings (SSSR count). The van der Waals surface area contributed by atoms with Gasteiger partial charge in [-0.05, 0) is 55.8 Å². The maximum atomic E-state index is 12.2. The molecule has 2 amide bonds. The van der Waals surface area contributed by atoms with E-state index in [0.29, 0.717) is 23.5 Å². The van der Waals surface area contributed by atoms with Gasteiger partial charge < -0.3 is 15.4 Å². The fourth-order valence-corrected chi connectivity index (χ4v) is 3.68. The Labute approximate surface area is 170 Å². The molecule has 0 saturated carbocycles. The van der Waals surface area contributed by atoms with Gasteiger partial charge in [-0.15, -0.1) is 0 Å². The van der Waals surface area contributed by atoms with Crippen molar-refractivity contribution in [1.82, 2.24) is 4.72 Å². The lowest BCUT2D eigenvalue weighted by Gasteiger charge is -2.12. The smallest absolute Gasteiger partial charge is 0.262 e. The first-order valence-electron chi connectivity index (χ1n) is 9.12. The molecule has 0 aromatic heterocycles. The molecule has 0 aliphatic carbocycles. The van der Waals surface area contributed by atoms with Crippen molar-refractivity contribution in [2.24, 2.45) is 0 Å². The summed E-state index contributed by atoms with van der Waals surface area (Å²) in [5.41, 5.74) is 1.08. The number of sulfonamides is 1. The van der Waals surface area contributed by atoms with Gasteiger partial charge in [0, 0.05) is 24.3 Å². The maximum absolute atomic E-state index is 12.2. The summed E-state index contributed by atoms with van der Waals surface area (Å²) in [5, 5.41) is 5.30. The molecule has 3 N–H and O–H groups in total. The first-order valence-corrected chi connectivity index (χ1v) is 10.6. The summed E-state index contributed by atoms with van der Waals surface area (Å²) in [6, 6.07) is 12.4. The van der Waals surface area contributed by atoms with Gasteiger partial charge in [-0.3, -0.25) is 9.59 Å². The molecule has 0 aliphatic heterocycles. The Hall–Kier alpha value is -2.91. The Morgan fingerprint density at radius 3 is 2.24 bits per heavy atom. The van der Waals surface area contributed by atoms with Gasteiger partial charge >= 0.3 is 0 Å². The molecular formula is C20H25N3O5S. The molecule has 0 fully saturated rings. The SMILES string of the molecule is CC[C@@H](C)NS(=O)(=O)c1ccc(OCC(=O)Nc2cccc(NC(C)=O)c2)cc1. The van der Waals surface area contributed by atoms with Gasteiger partial charge in [-0.25, -0.2) is 13.1 Å². The molecule has 2 aromatic rings. The first kappa shape index (κ1) is 22.4. The molecule has 1 atom stereocenters. The van der Waals surface area contributed by atoms with Crippen LogP contribution in [0.2, 0.25) is 0 Å². The van der Waals surface area contributed by atoms with Crippen molar-refractivity contribution in [3.63, 3.8) is 0 Å². The summed E-state index contributed by atoms with van der Waals surface area (Å²) >= 11 is 0. The normalized spacial score (nSPS) is 12.1. The fraction of sp³-hybridized carbons (Fsp3) is 0.300. The second-order valence-corrected chi connectivity index (χ2v) is 8.21. The number of benzene rings is 2. The summed E-state index contributed by atoms with van der Waals surface area (Å²) in [7, 11) is -3.59. The zero-order valence-electron chi connectivity index (χ0n) is 16.6. The quantitative estimate of drug-likeness (QED) is 0.578. The number of anilines is 2. The van der Waals surface area contributed by atoms with E-state index in [9.17, 15) is 18.0 Å². The van der Waals surface area contributed by atoms with E-state index >= 15 is 0 Å². The monoisotopic (exact) mass is 419 g/mol. The van der Waals surface area contributed by atoms with E-state index in [0.717, 1.165) is 0 Å². The van der Waals surface area contributed by atoms with Crippen LogP contribution in [0.1, 0.15) is 27.2 Å². The third kappa shape index (κ3) is 7.20. The minimum absolute atomic E-state index is 0.129. The third-order valence-electron chi connectivity index (χ3n) is 3.94. The summed E-state index contributed by atoms with van der Waals surface area (Å²) in [6.45, 7) is 4.84. The van der Waals surface area contributed by atoms with Crippen LogP contribution in [-0.4, -0.2) is 32.9 Å². The highest BCUT2D eigenvalue weighted by Crippen LogP contribution is 2.17. The third-order valence-corrected chi connectivity index (χ3v) is 5.54. The molecule has 9 heteroatoms. The van der Waals surface area contributed by atoms with E-state index in [2.05, 4.69) is 15.4 Å². The van der Waals surface area contributed by atoms with E-state index in [4.69, 9.17) is 4.74 Å². The van der Waals surface area contributed by atoms with Crippen LogP contribution in [0.4, 0.5) is 11.4 Å². The zero-order chi connectivity index (χ0) is 21.4. The van der Waals surface area contributed by atoms with E-state index < -0.39 is 10.0 Å². The number of rotatable bonds is 9. The lowest BCUT2D eigenvalue weighted by Crippen LogP contribution is -2.31. The summed E-state index contributed by atoms with van der Waals surface area (Å²) < 4.78 is 32.5. The van der Waals surface area contributed by atoms with Crippen LogP contribution in [0, 0.1) is 0 Å². The predicted molar refractivity (Wildman–Crippen MR) is 111 cm³/mol. The molecule has 0 saturated heterocycles. The molecule has 0 radical (unpaired) electrons. The van der Waals surface area contributed by atoms with E-state index in [1.165, 1.54) is 31.2 Å². The van der Waals surface area contributed by atoms with Crippen molar-refractivity contribution in [2.75, 3.05) is 17.2 Å². The Balaban J connectivity index is 1.91. The van der Waals surface area contributed by atoms with Gasteiger partial charge in [0.05, 0.1) is 4.90 Å². The van der Waals surface area contributed by atoms with Gasteiger partial charge in [0.2, 0.25) is 15.9 Å². The van der Waals surface area contributed by atoms with Crippen molar-refractivity contribution >= 4 is 33.2 Å². The number of amides is 2. The van der Waals surface area contributed by atoms with E-state index in [-0.39, 0.29) is 29.4 Å². The molecule has 0 spiro atoms. The lowest BCUT2D eigenvalue weighted by atomic mass is 10.2. The Bertz CT molecular complexity index is 958. The van der Waals surface area contributed by atoms with Gasteiger partial charge in [-0.2, -0.15) is 0 Å². The van der Waals surface area contributed by atoms with Gasteiger partial charge in [-0.1, -0.05) is 13.0 Å². The summed E-state index contributed by atoms with van der Waals surface area (Å²) in [4.78, 5) is 23.3. The van der Waals surface area contributed by atoms with Crippen molar-refractivity contribution in [3.8, 4) is 5.75 Å². The van der Waals surface area contributed by atoms with Gasteiger partial charge in [0.25, 0.3) is 5.91 Å². The Morgan fingerprint density at radius 2 is 1.66 bits per heavy atom. The Morgan fingerprint density at radius 1 is 1.03 bits per heavy atom. The largest absolute Gasteiger partial charge is 0.484 e. The average Bonchev–Trinajstić information content (AvgIpc) is 2.66. The number of nitrogens with one attached hydrogen (secondary N) is 3.